The Balaban J connectivity index is 1.87. The number of rotatable bonds is 4. The summed E-state index contributed by atoms with van der Waals surface area (Å²) in [7, 11) is 1.84. The lowest BCUT2D eigenvalue weighted by atomic mass is 10.2. The van der Waals surface area contributed by atoms with Gasteiger partial charge in [-0.3, -0.25) is 9.48 Å². The highest BCUT2D eigenvalue weighted by atomic mass is 32.2. The number of ether oxygens (including phenoxy) is 1. The second kappa shape index (κ2) is 5.77. The van der Waals surface area contributed by atoms with Crippen LogP contribution in [-0.2, 0) is 18.6 Å². The zero-order chi connectivity index (χ0) is 14.8. The molecular formula is C14H16N4O2S. The molecule has 1 amide bonds. The molecule has 21 heavy (non-hydrogen) atoms. The van der Waals surface area contributed by atoms with E-state index in [1.807, 2.05) is 14.0 Å². The van der Waals surface area contributed by atoms with Gasteiger partial charge < -0.3 is 10.1 Å². The van der Waals surface area contributed by atoms with E-state index in [9.17, 15) is 4.79 Å². The smallest absolute Gasteiger partial charge is 0.262 e. The molecule has 0 saturated carbocycles. The molecule has 0 atom stereocenters. The van der Waals surface area contributed by atoms with Gasteiger partial charge in [-0.1, -0.05) is 0 Å². The normalized spacial score (nSPS) is 13.0. The van der Waals surface area contributed by atoms with Gasteiger partial charge in [0.05, 0.1) is 12.3 Å². The van der Waals surface area contributed by atoms with Crippen molar-refractivity contribution in [3.63, 3.8) is 0 Å². The number of aryl methyl sites for hydroxylation is 1. The highest BCUT2D eigenvalue weighted by Crippen LogP contribution is 2.34. The second-order valence-electron chi connectivity index (χ2n) is 4.63. The topological polar surface area (TPSA) is 69.0 Å². The van der Waals surface area contributed by atoms with Crippen molar-refractivity contribution in [2.45, 2.75) is 18.4 Å². The molecule has 0 spiro atoms. The van der Waals surface area contributed by atoms with Crippen molar-refractivity contribution in [3.05, 3.63) is 35.2 Å². The molecule has 2 aromatic heterocycles. The van der Waals surface area contributed by atoms with Crippen LogP contribution in [0.25, 0.3) is 0 Å². The van der Waals surface area contributed by atoms with E-state index in [4.69, 9.17) is 4.74 Å². The van der Waals surface area contributed by atoms with E-state index in [1.165, 1.54) is 0 Å². The van der Waals surface area contributed by atoms with Crippen LogP contribution in [0.4, 0.5) is 5.82 Å². The first kappa shape index (κ1) is 13.9. The first-order chi connectivity index (χ1) is 10.2. The van der Waals surface area contributed by atoms with Gasteiger partial charge in [-0.2, -0.15) is 16.9 Å². The fourth-order valence-electron chi connectivity index (χ4n) is 2.29. The molecule has 0 bridgehead atoms. The van der Waals surface area contributed by atoms with E-state index < -0.39 is 0 Å². The number of thioether (sulfide) groups is 1. The molecule has 0 radical (unpaired) electrons. The molecule has 0 unspecified atom stereocenters. The number of carbonyl (C=O) groups is 1. The highest BCUT2D eigenvalue weighted by Gasteiger charge is 2.24. The number of hydrogen-bond acceptors (Lipinski definition) is 5. The standard InChI is InChI=1S/C14H16N4O2S/c1-3-20-14-9(5-4-6-15-14)13(19)16-12-10-7-21-8-11(10)17-18(12)2/h4-6H,3,7-8H2,1-2H3,(H,16,19). The third-order valence-electron chi connectivity index (χ3n) is 3.24. The molecule has 1 aliphatic heterocycles. The lowest BCUT2D eigenvalue weighted by Crippen LogP contribution is -2.17. The molecule has 0 aromatic carbocycles. The Morgan fingerprint density at radius 3 is 3.19 bits per heavy atom. The fourth-order valence-corrected chi connectivity index (χ4v) is 3.32. The van der Waals surface area contributed by atoms with Crippen LogP contribution in [-0.4, -0.2) is 27.3 Å². The quantitative estimate of drug-likeness (QED) is 0.938. The first-order valence-corrected chi connectivity index (χ1v) is 7.87. The highest BCUT2D eigenvalue weighted by molar-refractivity contribution is 7.98. The van der Waals surface area contributed by atoms with Crippen LogP contribution in [0.5, 0.6) is 5.88 Å². The van der Waals surface area contributed by atoms with Crippen molar-refractivity contribution >= 4 is 23.5 Å². The molecule has 0 fully saturated rings. The third-order valence-corrected chi connectivity index (χ3v) is 4.21. The minimum absolute atomic E-state index is 0.228. The van der Waals surface area contributed by atoms with Gasteiger partial charge in [0, 0.05) is 30.3 Å². The van der Waals surface area contributed by atoms with Crippen LogP contribution in [0.15, 0.2) is 18.3 Å². The Morgan fingerprint density at radius 2 is 2.38 bits per heavy atom. The number of hydrogen-bond donors (Lipinski definition) is 1. The van der Waals surface area contributed by atoms with E-state index in [0.29, 0.717) is 18.1 Å². The second-order valence-corrected chi connectivity index (χ2v) is 5.62. The number of anilines is 1. The maximum atomic E-state index is 12.5. The summed E-state index contributed by atoms with van der Waals surface area (Å²) >= 11 is 1.80. The van der Waals surface area contributed by atoms with E-state index in [1.54, 1.807) is 34.8 Å². The number of nitrogens with one attached hydrogen (secondary N) is 1. The lowest BCUT2D eigenvalue weighted by Gasteiger charge is -2.10. The van der Waals surface area contributed by atoms with Crippen molar-refractivity contribution in [1.29, 1.82) is 0 Å². The van der Waals surface area contributed by atoms with Crippen molar-refractivity contribution in [3.8, 4) is 5.88 Å². The fraction of sp³-hybridized carbons (Fsp3) is 0.357. The number of carbonyl (C=O) groups excluding carboxylic acids is 1. The number of nitrogens with zero attached hydrogens (tertiary/aromatic N) is 3. The van der Waals surface area contributed by atoms with Crippen LogP contribution >= 0.6 is 11.8 Å². The summed E-state index contributed by atoms with van der Waals surface area (Å²) in [4.78, 5) is 16.6. The van der Waals surface area contributed by atoms with Gasteiger partial charge >= 0.3 is 0 Å². The molecule has 0 aliphatic carbocycles. The molecule has 0 saturated heterocycles. The Bertz CT molecular complexity index is 684. The Morgan fingerprint density at radius 1 is 1.52 bits per heavy atom. The maximum Gasteiger partial charge on any atom is 0.262 e. The maximum absolute atomic E-state index is 12.5. The van der Waals surface area contributed by atoms with Crippen LogP contribution in [0.1, 0.15) is 28.5 Å². The van der Waals surface area contributed by atoms with E-state index in [-0.39, 0.29) is 5.91 Å². The molecule has 3 rings (SSSR count). The molecule has 1 N–H and O–H groups in total. The van der Waals surface area contributed by atoms with E-state index >= 15 is 0 Å². The van der Waals surface area contributed by atoms with Crippen LogP contribution in [0, 0.1) is 0 Å². The van der Waals surface area contributed by atoms with Gasteiger partial charge in [0.2, 0.25) is 5.88 Å². The molecular weight excluding hydrogens is 288 g/mol. The summed E-state index contributed by atoms with van der Waals surface area (Å²) in [5.74, 6) is 2.66. The van der Waals surface area contributed by atoms with Crippen molar-refractivity contribution in [2.24, 2.45) is 7.05 Å². The zero-order valence-electron chi connectivity index (χ0n) is 11.9. The molecule has 6 nitrogen and oxygen atoms in total. The predicted molar refractivity (Wildman–Crippen MR) is 81.6 cm³/mol. The Kier molecular flexibility index (Phi) is 3.83. The van der Waals surface area contributed by atoms with Crippen LogP contribution in [0.2, 0.25) is 0 Å². The number of amides is 1. The van der Waals surface area contributed by atoms with Crippen LogP contribution < -0.4 is 10.1 Å². The van der Waals surface area contributed by atoms with Crippen molar-refractivity contribution in [2.75, 3.05) is 11.9 Å². The zero-order valence-corrected chi connectivity index (χ0v) is 12.7. The van der Waals surface area contributed by atoms with Gasteiger partial charge in [-0.05, 0) is 19.1 Å². The summed E-state index contributed by atoms with van der Waals surface area (Å²) in [5.41, 5.74) is 2.59. The van der Waals surface area contributed by atoms with E-state index in [0.717, 1.165) is 28.6 Å². The first-order valence-electron chi connectivity index (χ1n) is 6.72. The van der Waals surface area contributed by atoms with Crippen LogP contribution in [0.3, 0.4) is 0 Å². The SMILES string of the molecule is CCOc1ncccc1C(=O)Nc1c2c(nn1C)CSC2. The summed E-state index contributed by atoms with van der Waals surface area (Å²) in [6, 6.07) is 3.43. The number of pyridine rings is 1. The van der Waals surface area contributed by atoms with Gasteiger partial charge in [0.25, 0.3) is 5.91 Å². The third kappa shape index (κ3) is 2.61. The molecule has 2 aromatic rings. The largest absolute Gasteiger partial charge is 0.477 e. The number of aromatic nitrogens is 3. The minimum atomic E-state index is -0.228. The average Bonchev–Trinajstić information content (AvgIpc) is 3.03. The molecule has 3 heterocycles. The summed E-state index contributed by atoms with van der Waals surface area (Å²) in [6.45, 7) is 2.33. The molecule has 7 heteroatoms. The van der Waals surface area contributed by atoms with Gasteiger partial charge in [-0.15, -0.1) is 0 Å². The Hall–Kier alpha value is -2.02. The monoisotopic (exact) mass is 304 g/mol. The predicted octanol–water partition coefficient (Wildman–Crippen LogP) is 2.21. The lowest BCUT2D eigenvalue weighted by molar-refractivity contribution is 0.102. The van der Waals surface area contributed by atoms with Crippen molar-refractivity contribution < 1.29 is 9.53 Å². The minimum Gasteiger partial charge on any atom is -0.477 e. The Labute approximate surface area is 126 Å². The van der Waals surface area contributed by atoms with Gasteiger partial charge in [-0.25, -0.2) is 4.98 Å². The number of fused-ring (bicyclic) bond motifs is 1. The molecule has 1 aliphatic rings. The van der Waals surface area contributed by atoms with E-state index in [2.05, 4.69) is 15.4 Å². The summed E-state index contributed by atoms with van der Waals surface area (Å²) in [6.07, 6.45) is 1.61. The summed E-state index contributed by atoms with van der Waals surface area (Å²) in [5, 5.41) is 7.36. The van der Waals surface area contributed by atoms with Gasteiger partial charge in [0.1, 0.15) is 11.4 Å². The van der Waals surface area contributed by atoms with Crippen molar-refractivity contribution in [1.82, 2.24) is 14.8 Å². The van der Waals surface area contributed by atoms with Gasteiger partial charge in [0.15, 0.2) is 0 Å². The molecule has 110 valence electrons. The summed E-state index contributed by atoms with van der Waals surface area (Å²) < 4.78 is 7.12. The average molecular weight is 304 g/mol.